The van der Waals surface area contributed by atoms with Gasteiger partial charge in [0.2, 0.25) is 5.91 Å². The summed E-state index contributed by atoms with van der Waals surface area (Å²) >= 11 is 0. The van der Waals surface area contributed by atoms with Crippen molar-refractivity contribution in [3.8, 4) is 0 Å². The molecule has 0 aromatic rings. The predicted molar refractivity (Wildman–Crippen MR) is 301 cm³/mol. The molecule has 2 atom stereocenters. The molecule has 0 saturated heterocycles. The van der Waals surface area contributed by atoms with E-state index in [-0.39, 0.29) is 18.5 Å². The van der Waals surface area contributed by atoms with Crippen LogP contribution in [-0.4, -0.2) is 47.4 Å². The average molecular weight is 975 g/mol. The summed E-state index contributed by atoms with van der Waals surface area (Å²) in [6.45, 7) is 4.93. The Morgan fingerprint density at radius 1 is 0.391 bits per heavy atom. The van der Waals surface area contributed by atoms with Crippen LogP contribution >= 0.6 is 0 Å². The molecule has 6 nitrogen and oxygen atoms in total. The zero-order valence-corrected chi connectivity index (χ0v) is 46.8. The zero-order chi connectivity index (χ0) is 50.0. The van der Waals surface area contributed by atoms with Gasteiger partial charge in [0.1, 0.15) is 0 Å². The van der Waals surface area contributed by atoms with Gasteiger partial charge in [-0.25, -0.2) is 0 Å². The van der Waals surface area contributed by atoms with E-state index >= 15 is 0 Å². The minimum Gasteiger partial charge on any atom is -0.466 e. The highest BCUT2D eigenvalue weighted by molar-refractivity contribution is 5.76. The summed E-state index contributed by atoms with van der Waals surface area (Å²) in [7, 11) is 0. The minimum absolute atomic E-state index is 0.0134. The van der Waals surface area contributed by atoms with Gasteiger partial charge >= 0.3 is 5.97 Å². The van der Waals surface area contributed by atoms with Crippen LogP contribution in [0.5, 0.6) is 0 Å². The van der Waals surface area contributed by atoms with E-state index in [4.69, 9.17) is 4.74 Å². The number of aliphatic hydroxyl groups is 2. The van der Waals surface area contributed by atoms with Gasteiger partial charge in [-0.3, -0.25) is 9.59 Å². The lowest BCUT2D eigenvalue weighted by molar-refractivity contribution is -0.143. The smallest absolute Gasteiger partial charge is 0.305 e. The maximum absolute atomic E-state index is 12.5. The van der Waals surface area contributed by atoms with E-state index in [1.165, 1.54) is 289 Å². The number of amides is 1. The fraction of sp³-hybridized carbons (Fsp3) is 0.937. The van der Waals surface area contributed by atoms with Gasteiger partial charge in [0, 0.05) is 12.8 Å². The first kappa shape index (κ1) is 67.6. The second-order valence-electron chi connectivity index (χ2n) is 21.8. The normalized spacial score (nSPS) is 12.6. The number of carbonyl (C=O) groups excluding carboxylic acids is 2. The molecule has 0 fully saturated rings. The van der Waals surface area contributed by atoms with Crippen LogP contribution in [-0.2, 0) is 14.3 Å². The van der Waals surface area contributed by atoms with Crippen LogP contribution in [0.3, 0.4) is 0 Å². The number of hydrogen-bond acceptors (Lipinski definition) is 5. The standard InChI is InChI=1S/C63H123NO5/c1-3-5-7-9-11-13-15-17-19-20-25-29-33-37-41-45-49-53-57-63(68)69-58-54-50-46-42-38-34-30-26-23-21-22-24-28-32-36-40-44-48-52-56-62(67)64-60(59-65)61(66)55-51-47-43-39-35-31-27-18-16-14-12-10-8-6-4-2/h51,55,60-61,65-66H,3-50,52-54,56-59H2,1-2H3,(H,64,67)/b55-51+. The van der Waals surface area contributed by atoms with Crippen LogP contribution in [0.25, 0.3) is 0 Å². The lowest BCUT2D eigenvalue weighted by Gasteiger charge is -2.20. The Hall–Kier alpha value is -1.40. The third-order valence-electron chi connectivity index (χ3n) is 14.8. The van der Waals surface area contributed by atoms with Crippen LogP contribution in [0.2, 0.25) is 0 Å². The summed E-state index contributed by atoms with van der Waals surface area (Å²) in [6, 6.07) is -0.629. The molecule has 3 N–H and O–H groups in total. The lowest BCUT2D eigenvalue weighted by atomic mass is 10.0. The third-order valence-corrected chi connectivity index (χ3v) is 14.8. The summed E-state index contributed by atoms with van der Waals surface area (Å²) in [5, 5.41) is 23.1. The summed E-state index contributed by atoms with van der Waals surface area (Å²) in [5.41, 5.74) is 0. The molecular formula is C63H123NO5. The second kappa shape index (κ2) is 59.2. The van der Waals surface area contributed by atoms with Gasteiger partial charge in [-0.05, 0) is 32.1 Å². The van der Waals surface area contributed by atoms with Crippen molar-refractivity contribution in [1.29, 1.82) is 0 Å². The summed E-state index contributed by atoms with van der Waals surface area (Å²) in [6.07, 6.45) is 71.1. The van der Waals surface area contributed by atoms with Gasteiger partial charge in [0.05, 0.1) is 25.4 Å². The highest BCUT2D eigenvalue weighted by atomic mass is 16.5. The van der Waals surface area contributed by atoms with E-state index in [0.29, 0.717) is 19.4 Å². The molecule has 0 aliphatic carbocycles. The Morgan fingerprint density at radius 3 is 0.986 bits per heavy atom. The summed E-state index contributed by atoms with van der Waals surface area (Å²) in [4.78, 5) is 24.6. The molecule has 0 aliphatic rings. The van der Waals surface area contributed by atoms with Crippen LogP contribution < -0.4 is 5.32 Å². The Labute approximate surface area is 431 Å². The van der Waals surface area contributed by atoms with Gasteiger partial charge in [-0.15, -0.1) is 0 Å². The fourth-order valence-corrected chi connectivity index (χ4v) is 9.99. The molecule has 0 bridgehead atoms. The molecule has 0 spiro atoms. The number of carbonyl (C=O) groups is 2. The number of rotatable bonds is 59. The van der Waals surface area contributed by atoms with Crippen molar-refractivity contribution in [1.82, 2.24) is 5.32 Å². The maximum atomic E-state index is 12.5. The molecule has 0 aliphatic heterocycles. The zero-order valence-electron chi connectivity index (χ0n) is 46.8. The molecule has 0 aromatic heterocycles. The summed E-state index contributed by atoms with van der Waals surface area (Å²) < 4.78 is 5.50. The Morgan fingerprint density at radius 2 is 0.667 bits per heavy atom. The van der Waals surface area contributed by atoms with Gasteiger partial charge < -0.3 is 20.3 Å². The van der Waals surface area contributed by atoms with Crippen molar-refractivity contribution in [3.05, 3.63) is 12.2 Å². The van der Waals surface area contributed by atoms with Crippen molar-refractivity contribution >= 4 is 11.9 Å². The molecule has 1 amide bonds. The molecule has 6 heteroatoms. The predicted octanol–water partition coefficient (Wildman–Crippen LogP) is 19.6. The number of esters is 1. The van der Waals surface area contributed by atoms with Crippen LogP contribution in [0.1, 0.15) is 354 Å². The van der Waals surface area contributed by atoms with Crippen molar-refractivity contribution in [2.75, 3.05) is 13.2 Å². The molecular weight excluding hydrogens is 851 g/mol. The van der Waals surface area contributed by atoms with Gasteiger partial charge in [-0.2, -0.15) is 0 Å². The van der Waals surface area contributed by atoms with Gasteiger partial charge in [0.15, 0.2) is 0 Å². The van der Waals surface area contributed by atoms with Crippen LogP contribution in [0.15, 0.2) is 12.2 Å². The van der Waals surface area contributed by atoms with Crippen molar-refractivity contribution in [3.63, 3.8) is 0 Å². The highest BCUT2D eigenvalue weighted by Gasteiger charge is 2.18. The Bertz CT molecular complexity index is 1030. The van der Waals surface area contributed by atoms with Crippen LogP contribution in [0, 0.1) is 0 Å². The first-order chi connectivity index (χ1) is 34.0. The molecule has 69 heavy (non-hydrogen) atoms. The second-order valence-corrected chi connectivity index (χ2v) is 21.8. The third kappa shape index (κ3) is 55.8. The van der Waals surface area contributed by atoms with E-state index in [1.807, 2.05) is 6.08 Å². The SMILES string of the molecule is CCCCCCCCCCCCCCC/C=C/C(O)C(CO)NC(=O)CCCCCCCCCCCCCCCCCCCCCOC(=O)CCCCCCCCCCCCCCCCCCCC. The van der Waals surface area contributed by atoms with Crippen LogP contribution in [0.4, 0.5) is 0 Å². The van der Waals surface area contributed by atoms with E-state index in [9.17, 15) is 19.8 Å². The number of hydrogen-bond donors (Lipinski definition) is 3. The van der Waals surface area contributed by atoms with Crippen molar-refractivity contribution in [2.24, 2.45) is 0 Å². The maximum Gasteiger partial charge on any atom is 0.305 e. The molecule has 0 saturated carbocycles. The van der Waals surface area contributed by atoms with E-state index in [0.717, 1.165) is 38.5 Å². The Kier molecular flexibility index (Phi) is 58.0. The van der Waals surface area contributed by atoms with E-state index in [2.05, 4.69) is 19.2 Å². The highest BCUT2D eigenvalue weighted by Crippen LogP contribution is 2.18. The number of ether oxygens (including phenoxy) is 1. The molecule has 2 unspecified atom stereocenters. The Balaban J connectivity index is 3.39. The van der Waals surface area contributed by atoms with E-state index in [1.54, 1.807) is 6.08 Å². The fourth-order valence-electron chi connectivity index (χ4n) is 9.99. The number of nitrogens with one attached hydrogen (secondary N) is 1. The van der Waals surface area contributed by atoms with Gasteiger partial charge in [-0.1, -0.05) is 321 Å². The molecule has 0 aromatic carbocycles. The van der Waals surface area contributed by atoms with E-state index < -0.39 is 12.1 Å². The minimum atomic E-state index is -0.845. The first-order valence-electron chi connectivity index (χ1n) is 31.5. The average Bonchev–Trinajstić information content (AvgIpc) is 3.35. The quantitative estimate of drug-likeness (QED) is 0.0321. The number of unbranched alkanes of at least 4 members (excludes halogenated alkanes) is 48. The molecule has 0 rings (SSSR count). The number of aliphatic hydroxyl groups excluding tert-OH is 2. The topological polar surface area (TPSA) is 95.9 Å². The largest absolute Gasteiger partial charge is 0.466 e. The van der Waals surface area contributed by atoms with Crippen molar-refractivity contribution < 1.29 is 24.5 Å². The lowest BCUT2D eigenvalue weighted by Crippen LogP contribution is -2.45. The molecule has 410 valence electrons. The molecule has 0 heterocycles. The number of allylic oxidation sites excluding steroid dienone is 1. The van der Waals surface area contributed by atoms with Gasteiger partial charge in [0.25, 0.3) is 0 Å². The van der Waals surface area contributed by atoms with Crippen molar-refractivity contribution in [2.45, 2.75) is 366 Å². The first-order valence-corrected chi connectivity index (χ1v) is 31.5. The summed E-state index contributed by atoms with van der Waals surface area (Å²) in [5.74, 6) is -0.0550. The monoisotopic (exact) mass is 974 g/mol. The molecule has 0 radical (unpaired) electrons.